The number of hydrogen-bond donors (Lipinski definition) is 1. The minimum Gasteiger partial charge on any atom is -0.462 e. The standard InChI is InChI=1S/C22H22FNO3/c1-15-21(22(26)27-13-7-10-16-8-3-2-4-9-16)18(14-20(25)24-15)17-11-5-6-12-19(17)23/h2-6,8-9,11-12,18H,7,10,13-14H2,1H3,(H,24,25)/t18-/m1/s1. The van der Waals surface area contributed by atoms with Crippen LogP contribution in [0.4, 0.5) is 4.39 Å². The first-order valence-corrected chi connectivity index (χ1v) is 9.02. The molecule has 1 N–H and O–H groups in total. The summed E-state index contributed by atoms with van der Waals surface area (Å²) < 4.78 is 19.7. The van der Waals surface area contributed by atoms with Gasteiger partial charge in [0.25, 0.3) is 0 Å². The fraction of sp³-hybridized carbons (Fsp3) is 0.273. The number of allylic oxidation sites excluding steroid dienone is 1. The second-order valence-electron chi connectivity index (χ2n) is 6.59. The van der Waals surface area contributed by atoms with Crippen LogP contribution in [0.15, 0.2) is 65.9 Å². The average molecular weight is 367 g/mol. The first-order chi connectivity index (χ1) is 13.1. The predicted molar refractivity (Wildman–Crippen MR) is 100 cm³/mol. The molecular weight excluding hydrogens is 345 g/mol. The van der Waals surface area contributed by atoms with Crippen LogP contribution in [0.25, 0.3) is 0 Å². The SMILES string of the molecule is CC1=C(C(=O)OCCCc2ccccc2)[C@@H](c2ccccc2F)CC(=O)N1. The molecule has 0 bridgehead atoms. The van der Waals surface area contributed by atoms with Crippen molar-refractivity contribution < 1.29 is 18.7 Å². The Bertz CT molecular complexity index is 861. The number of aryl methyl sites for hydroxylation is 1. The fourth-order valence-corrected chi connectivity index (χ4v) is 3.36. The van der Waals surface area contributed by atoms with E-state index in [9.17, 15) is 14.0 Å². The van der Waals surface area contributed by atoms with Gasteiger partial charge in [0.15, 0.2) is 0 Å². The van der Waals surface area contributed by atoms with Crippen molar-refractivity contribution in [3.8, 4) is 0 Å². The van der Waals surface area contributed by atoms with E-state index < -0.39 is 17.7 Å². The van der Waals surface area contributed by atoms with Gasteiger partial charge in [-0.25, -0.2) is 9.18 Å². The first-order valence-electron chi connectivity index (χ1n) is 9.02. The lowest BCUT2D eigenvalue weighted by Gasteiger charge is -2.26. The predicted octanol–water partition coefficient (Wildman–Crippen LogP) is 3.88. The van der Waals surface area contributed by atoms with Crippen LogP contribution >= 0.6 is 0 Å². The van der Waals surface area contributed by atoms with Gasteiger partial charge in [-0.1, -0.05) is 48.5 Å². The highest BCUT2D eigenvalue weighted by atomic mass is 19.1. The molecule has 27 heavy (non-hydrogen) atoms. The first kappa shape index (κ1) is 18.8. The van der Waals surface area contributed by atoms with Gasteiger partial charge >= 0.3 is 5.97 Å². The molecule has 1 aliphatic heterocycles. The van der Waals surface area contributed by atoms with Gasteiger partial charge in [0.05, 0.1) is 12.2 Å². The largest absolute Gasteiger partial charge is 0.462 e. The van der Waals surface area contributed by atoms with E-state index in [1.54, 1.807) is 25.1 Å². The molecule has 0 aromatic heterocycles. The molecule has 0 aliphatic carbocycles. The lowest BCUT2D eigenvalue weighted by atomic mass is 9.84. The number of carbonyl (C=O) groups excluding carboxylic acids is 2. The zero-order valence-electron chi connectivity index (χ0n) is 15.2. The van der Waals surface area contributed by atoms with Crippen molar-refractivity contribution >= 4 is 11.9 Å². The Kier molecular flexibility index (Phi) is 6.01. The number of ether oxygens (including phenoxy) is 1. The zero-order valence-corrected chi connectivity index (χ0v) is 15.2. The molecule has 1 amide bonds. The van der Waals surface area contributed by atoms with Crippen LogP contribution in [-0.4, -0.2) is 18.5 Å². The van der Waals surface area contributed by atoms with Crippen molar-refractivity contribution in [2.75, 3.05) is 6.61 Å². The van der Waals surface area contributed by atoms with Gasteiger partial charge in [-0.05, 0) is 37.0 Å². The van der Waals surface area contributed by atoms with Gasteiger partial charge < -0.3 is 10.1 Å². The quantitative estimate of drug-likeness (QED) is 0.623. The maximum Gasteiger partial charge on any atom is 0.336 e. The van der Waals surface area contributed by atoms with E-state index in [1.807, 2.05) is 30.3 Å². The molecule has 140 valence electrons. The fourth-order valence-electron chi connectivity index (χ4n) is 3.36. The van der Waals surface area contributed by atoms with Crippen LogP contribution in [-0.2, 0) is 20.7 Å². The molecule has 2 aromatic rings. The summed E-state index contributed by atoms with van der Waals surface area (Å²) in [5.74, 6) is -1.81. The Morgan fingerprint density at radius 1 is 1.15 bits per heavy atom. The third-order valence-corrected chi connectivity index (χ3v) is 4.66. The van der Waals surface area contributed by atoms with E-state index in [1.165, 1.54) is 11.6 Å². The van der Waals surface area contributed by atoms with Crippen LogP contribution in [0.5, 0.6) is 0 Å². The van der Waals surface area contributed by atoms with Gasteiger partial charge in [0.2, 0.25) is 5.91 Å². The summed E-state index contributed by atoms with van der Waals surface area (Å²) in [7, 11) is 0. The Balaban J connectivity index is 1.69. The van der Waals surface area contributed by atoms with Crippen LogP contribution in [0, 0.1) is 5.82 Å². The van der Waals surface area contributed by atoms with Gasteiger partial charge in [0.1, 0.15) is 5.82 Å². The van der Waals surface area contributed by atoms with Gasteiger partial charge in [-0.15, -0.1) is 0 Å². The van der Waals surface area contributed by atoms with Crippen LogP contribution in [0.2, 0.25) is 0 Å². The van der Waals surface area contributed by atoms with E-state index >= 15 is 0 Å². The van der Waals surface area contributed by atoms with E-state index in [-0.39, 0.29) is 18.9 Å². The summed E-state index contributed by atoms with van der Waals surface area (Å²) in [5.41, 5.74) is 2.26. The maximum absolute atomic E-state index is 14.3. The van der Waals surface area contributed by atoms with Gasteiger partial charge in [-0.2, -0.15) is 0 Å². The molecule has 5 heteroatoms. The monoisotopic (exact) mass is 367 g/mol. The highest BCUT2D eigenvalue weighted by molar-refractivity contribution is 5.95. The normalized spacial score (nSPS) is 16.8. The molecule has 0 saturated carbocycles. The lowest BCUT2D eigenvalue weighted by Crippen LogP contribution is -2.34. The second kappa shape index (κ2) is 8.62. The Morgan fingerprint density at radius 3 is 2.59 bits per heavy atom. The number of benzene rings is 2. The average Bonchev–Trinajstić information content (AvgIpc) is 2.65. The van der Waals surface area contributed by atoms with Crippen molar-refractivity contribution in [2.45, 2.75) is 32.1 Å². The van der Waals surface area contributed by atoms with E-state index in [0.29, 0.717) is 23.3 Å². The Hall–Kier alpha value is -2.95. The second-order valence-corrected chi connectivity index (χ2v) is 6.59. The number of carbonyl (C=O) groups is 2. The molecule has 4 nitrogen and oxygen atoms in total. The number of esters is 1. The maximum atomic E-state index is 14.3. The molecule has 0 unspecified atom stereocenters. The Morgan fingerprint density at radius 2 is 1.85 bits per heavy atom. The van der Waals surface area contributed by atoms with E-state index in [0.717, 1.165) is 6.42 Å². The lowest BCUT2D eigenvalue weighted by molar-refractivity contribution is -0.139. The summed E-state index contributed by atoms with van der Waals surface area (Å²) in [6.45, 7) is 1.91. The van der Waals surface area contributed by atoms with Crippen molar-refractivity contribution in [3.05, 3.63) is 82.8 Å². The summed E-state index contributed by atoms with van der Waals surface area (Å²) in [6.07, 6.45) is 1.52. The molecule has 0 fully saturated rings. The van der Waals surface area contributed by atoms with E-state index in [2.05, 4.69) is 5.32 Å². The third kappa shape index (κ3) is 4.61. The molecule has 1 aliphatic rings. The number of nitrogens with one attached hydrogen (secondary N) is 1. The van der Waals surface area contributed by atoms with Crippen molar-refractivity contribution in [2.24, 2.45) is 0 Å². The summed E-state index contributed by atoms with van der Waals surface area (Å²) in [4.78, 5) is 24.6. The molecule has 2 aromatic carbocycles. The molecule has 1 atom stereocenters. The molecule has 0 saturated heterocycles. The highest BCUT2D eigenvalue weighted by Crippen LogP contribution is 2.34. The van der Waals surface area contributed by atoms with Crippen LogP contribution in [0.1, 0.15) is 36.8 Å². The molecule has 3 rings (SSSR count). The Labute approximate surface area is 158 Å². The summed E-state index contributed by atoms with van der Waals surface area (Å²) in [5, 5.41) is 2.66. The van der Waals surface area contributed by atoms with Crippen molar-refractivity contribution in [3.63, 3.8) is 0 Å². The zero-order chi connectivity index (χ0) is 19.2. The smallest absolute Gasteiger partial charge is 0.336 e. The summed E-state index contributed by atoms with van der Waals surface area (Å²) >= 11 is 0. The van der Waals surface area contributed by atoms with Crippen molar-refractivity contribution in [1.82, 2.24) is 5.32 Å². The number of rotatable bonds is 6. The van der Waals surface area contributed by atoms with E-state index in [4.69, 9.17) is 4.74 Å². The van der Waals surface area contributed by atoms with Gasteiger partial charge in [0, 0.05) is 18.0 Å². The number of halogens is 1. The number of hydrogen-bond acceptors (Lipinski definition) is 3. The summed E-state index contributed by atoms with van der Waals surface area (Å²) in [6, 6.07) is 16.2. The van der Waals surface area contributed by atoms with Gasteiger partial charge in [-0.3, -0.25) is 4.79 Å². The minimum atomic E-state index is -0.637. The molecule has 0 spiro atoms. The third-order valence-electron chi connectivity index (χ3n) is 4.66. The highest BCUT2D eigenvalue weighted by Gasteiger charge is 2.34. The molecular formula is C22H22FNO3. The topological polar surface area (TPSA) is 55.4 Å². The van der Waals surface area contributed by atoms with Crippen molar-refractivity contribution in [1.29, 1.82) is 0 Å². The van der Waals surface area contributed by atoms with Crippen LogP contribution < -0.4 is 5.32 Å². The number of amides is 1. The van der Waals surface area contributed by atoms with Crippen LogP contribution in [0.3, 0.4) is 0 Å². The molecule has 1 heterocycles. The molecule has 0 radical (unpaired) electrons. The minimum absolute atomic E-state index is 0.0206.